The average Bonchev–Trinajstić information content (AvgIpc) is 3.25. The van der Waals surface area contributed by atoms with Gasteiger partial charge in [-0.3, -0.25) is 9.59 Å². The predicted octanol–water partition coefficient (Wildman–Crippen LogP) is 5.53. The van der Waals surface area contributed by atoms with E-state index in [-0.39, 0.29) is 11.8 Å². The fourth-order valence-electron chi connectivity index (χ4n) is 5.25. The number of hydrogen-bond donors (Lipinski definition) is 0. The molecule has 2 atom stereocenters. The first-order valence-electron chi connectivity index (χ1n) is 13.5. The van der Waals surface area contributed by atoms with Crippen LogP contribution >= 0.6 is 0 Å². The van der Waals surface area contributed by atoms with Crippen molar-refractivity contribution >= 4 is 11.8 Å². The maximum Gasteiger partial charge on any atom is 0.254 e. The number of aromatic nitrogens is 1. The number of pyridine rings is 1. The second-order valence-electron chi connectivity index (χ2n) is 10.6. The number of para-hydroxylation sites is 1. The third kappa shape index (κ3) is 6.15. The Morgan fingerprint density at radius 2 is 1.47 bits per heavy atom. The van der Waals surface area contributed by atoms with Crippen molar-refractivity contribution in [3.63, 3.8) is 0 Å². The Morgan fingerprint density at radius 1 is 0.842 bits per heavy atom. The van der Waals surface area contributed by atoms with Crippen LogP contribution in [0.5, 0.6) is 17.4 Å². The van der Waals surface area contributed by atoms with Crippen LogP contribution in [0.15, 0.2) is 72.9 Å². The molecule has 0 N–H and O–H groups in total. The number of fused-ring (bicyclic) bond motifs is 1. The zero-order valence-corrected chi connectivity index (χ0v) is 22.1. The first kappa shape index (κ1) is 25.8. The summed E-state index contributed by atoms with van der Waals surface area (Å²) in [6.07, 6.45) is 3.43. The lowest BCUT2D eigenvalue weighted by Crippen LogP contribution is -2.34. The van der Waals surface area contributed by atoms with Crippen LogP contribution in [0, 0.1) is 17.8 Å². The van der Waals surface area contributed by atoms with Crippen molar-refractivity contribution in [1.29, 1.82) is 0 Å². The third-order valence-electron chi connectivity index (χ3n) is 7.32. The Morgan fingerprint density at radius 3 is 2.13 bits per heavy atom. The van der Waals surface area contributed by atoms with Gasteiger partial charge in [0.25, 0.3) is 11.8 Å². The minimum Gasteiger partial charge on any atom is -0.477 e. The number of nitrogens with zero attached hydrogens (tertiary/aromatic N) is 3. The van der Waals surface area contributed by atoms with E-state index in [1.165, 1.54) is 0 Å². The molecule has 5 rings (SSSR count). The van der Waals surface area contributed by atoms with Crippen molar-refractivity contribution in [3.8, 4) is 17.4 Å². The monoisotopic (exact) mass is 513 g/mol. The number of hydrogen-bond acceptors (Lipinski definition) is 5. The minimum absolute atomic E-state index is 0.0283. The first-order chi connectivity index (χ1) is 18.5. The summed E-state index contributed by atoms with van der Waals surface area (Å²) in [6.45, 7) is 7.58. The molecule has 7 nitrogen and oxygen atoms in total. The largest absolute Gasteiger partial charge is 0.477 e. The average molecular weight is 514 g/mol. The van der Waals surface area contributed by atoms with Crippen molar-refractivity contribution in [2.24, 2.45) is 17.8 Å². The highest BCUT2D eigenvalue weighted by atomic mass is 16.5. The standard InChI is InChI=1S/C31H35N3O4/c1-22(2)21-37-29-18-24(12-15-32-29)31(36)34-19-25-13-16-33(17-14-26(25)20-34)30(35)23-8-10-28(11-9-23)38-27-6-4-3-5-7-27/h3-12,15,18,22,25-26H,13-14,16-17,19-21H2,1-2H3/t25-,26+. The van der Waals surface area contributed by atoms with Gasteiger partial charge in [-0.05, 0) is 73.1 Å². The smallest absolute Gasteiger partial charge is 0.254 e. The molecule has 2 saturated heterocycles. The Labute approximate surface area is 224 Å². The molecule has 1 aromatic heterocycles. The van der Waals surface area contributed by atoms with E-state index in [1.807, 2.05) is 64.4 Å². The molecule has 7 heteroatoms. The van der Waals surface area contributed by atoms with E-state index in [2.05, 4.69) is 18.8 Å². The summed E-state index contributed by atoms with van der Waals surface area (Å²) in [4.78, 5) is 34.6. The molecule has 2 aliphatic heterocycles. The number of benzene rings is 2. The highest BCUT2D eigenvalue weighted by Crippen LogP contribution is 2.33. The second-order valence-corrected chi connectivity index (χ2v) is 10.6. The highest BCUT2D eigenvalue weighted by molar-refractivity contribution is 5.95. The number of amides is 2. The molecule has 0 aliphatic carbocycles. The van der Waals surface area contributed by atoms with Gasteiger partial charge < -0.3 is 19.3 Å². The van der Waals surface area contributed by atoms with Crippen molar-refractivity contribution in [2.45, 2.75) is 26.7 Å². The second kappa shape index (κ2) is 11.7. The van der Waals surface area contributed by atoms with E-state index in [0.29, 0.717) is 60.2 Å². The normalized spacial score (nSPS) is 19.1. The predicted molar refractivity (Wildman–Crippen MR) is 146 cm³/mol. The highest BCUT2D eigenvalue weighted by Gasteiger charge is 2.38. The van der Waals surface area contributed by atoms with Crippen LogP contribution in [-0.2, 0) is 0 Å². The number of carbonyl (C=O) groups is 2. The fourth-order valence-corrected chi connectivity index (χ4v) is 5.25. The molecular formula is C31H35N3O4. The third-order valence-corrected chi connectivity index (χ3v) is 7.32. The maximum absolute atomic E-state index is 13.2. The van der Waals surface area contributed by atoms with E-state index in [4.69, 9.17) is 9.47 Å². The molecule has 38 heavy (non-hydrogen) atoms. The fraction of sp³-hybridized carbons (Fsp3) is 0.387. The lowest BCUT2D eigenvalue weighted by Gasteiger charge is -2.22. The molecule has 0 spiro atoms. The van der Waals surface area contributed by atoms with Crippen LogP contribution in [0.25, 0.3) is 0 Å². The number of rotatable bonds is 7. The summed E-state index contributed by atoms with van der Waals surface area (Å²) in [7, 11) is 0. The van der Waals surface area contributed by atoms with Gasteiger partial charge >= 0.3 is 0 Å². The molecule has 2 aliphatic rings. The van der Waals surface area contributed by atoms with Crippen LogP contribution in [0.3, 0.4) is 0 Å². The number of ether oxygens (including phenoxy) is 2. The summed E-state index contributed by atoms with van der Waals surface area (Å²) in [5.41, 5.74) is 1.29. The molecule has 198 valence electrons. The summed E-state index contributed by atoms with van der Waals surface area (Å²) in [5.74, 6) is 3.23. The molecule has 2 aromatic carbocycles. The van der Waals surface area contributed by atoms with Gasteiger partial charge in [0.2, 0.25) is 5.88 Å². The van der Waals surface area contributed by atoms with E-state index < -0.39 is 0 Å². The van der Waals surface area contributed by atoms with Gasteiger partial charge in [-0.1, -0.05) is 32.0 Å². The quantitative estimate of drug-likeness (QED) is 0.415. The van der Waals surface area contributed by atoms with E-state index in [0.717, 1.165) is 31.7 Å². The van der Waals surface area contributed by atoms with Gasteiger partial charge in [0.1, 0.15) is 11.5 Å². The summed E-state index contributed by atoms with van der Waals surface area (Å²) < 4.78 is 11.6. The molecule has 2 amide bonds. The number of carbonyl (C=O) groups excluding carboxylic acids is 2. The van der Waals surface area contributed by atoms with Crippen molar-refractivity contribution in [3.05, 3.63) is 84.1 Å². The Bertz CT molecular complexity index is 1230. The van der Waals surface area contributed by atoms with Gasteiger partial charge in [0, 0.05) is 49.6 Å². The maximum atomic E-state index is 13.2. The molecular weight excluding hydrogens is 478 g/mol. The SMILES string of the molecule is CC(C)COc1cc(C(=O)N2C[C@H]3CCN(C(=O)c4ccc(Oc5ccccc5)cc4)CC[C@H]3C2)ccn1. The summed E-state index contributed by atoms with van der Waals surface area (Å²) in [6, 6.07) is 20.5. The molecule has 0 bridgehead atoms. The van der Waals surface area contributed by atoms with E-state index in [1.54, 1.807) is 18.3 Å². The lowest BCUT2D eigenvalue weighted by atomic mass is 9.92. The Hall–Kier alpha value is -3.87. The molecule has 0 unspecified atom stereocenters. The zero-order valence-electron chi connectivity index (χ0n) is 22.1. The van der Waals surface area contributed by atoms with Crippen LogP contribution in [0.2, 0.25) is 0 Å². The first-order valence-corrected chi connectivity index (χ1v) is 13.5. The molecule has 3 heterocycles. The minimum atomic E-state index is 0.0283. The van der Waals surface area contributed by atoms with Crippen molar-refractivity contribution in [2.75, 3.05) is 32.8 Å². The topological polar surface area (TPSA) is 72.0 Å². The van der Waals surface area contributed by atoms with Gasteiger partial charge in [0.05, 0.1) is 6.61 Å². The molecule has 0 saturated carbocycles. The molecule has 2 fully saturated rings. The van der Waals surface area contributed by atoms with Crippen LogP contribution in [0.1, 0.15) is 47.4 Å². The van der Waals surface area contributed by atoms with Crippen LogP contribution in [-0.4, -0.2) is 59.4 Å². The van der Waals surface area contributed by atoms with E-state index in [9.17, 15) is 9.59 Å². The van der Waals surface area contributed by atoms with Gasteiger partial charge in [0.15, 0.2) is 0 Å². The van der Waals surface area contributed by atoms with Crippen LogP contribution < -0.4 is 9.47 Å². The van der Waals surface area contributed by atoms with Gasteiger partial charge in [-0.2, -0.15) is 0 Å². The van der Waals surface area contributed by atoms with Gasteiger partial charge in [-0.25, -0.2) is 4.98 Å². The lowest BCUT2D eigenvalue weighted by molar-refractivity contribution is 0.0734. The number of likely N-dealkylation sites (tertiary alicyclic amines) is 2. The van der Waals surface area contributed by atoms with Crippen LogP contribution in [0.4, 0.5) is 0 Å². The summed E-state index contributed by atoms with van der Waals surface area (Å²) >= 11 is 0. The van der Waals surface area contributed by atoms with E-state index >= 15 is 0 Å². The molecule has 3 aromatic rings. The van der Waals surface area contributed by atoms with Crippen molar-refractivity contribution in [1.82, 2.24) is 14.8 Å². The van der Waals surface area contributed by atoms with Gasteiger partial charge in [-0.15, -0.1) is 0 Å². The molecule has 0 radical (unpaired) electrons. The Kier molecular flexibility index (Phi) is 7.91. The summed E-state index contributed by atoms with van der Waals surface area (Å²) in [5, 5.41) is 0. The zero-order chi connectivity index (χ0) is 26.5. The van der Waals surface area contributed by atoms with Crippen molar-refractivity contribution < 1.29 is 19.1 Å². The Balaban J connectivity index is 1.15.